The molecule has 7 heteroatoms. The normalized spacial score (nSPS) is 11.0. The molecular formula is C17H23FIN3O2. The lowest BCUT2D eigenvalue weighted by Crippen LogP contribution is -2.40. The number of nitrogens with one attached hydrogen (secondary N) is 2. The summed E-state index contributed by atoms with van der Waals surface area (Å²) in [6.45, 7) is 2.43. The maximum Gasteiger partial charge on any atom is 0.191 e. The molecule has 0 aliphatic heterocycles. The summed E-state index contributed by atoms with van der Waals surface area (Å²) in [5.41, 5.74) is 0.949. The molecule has 1 aromatic carbocycles. The first kappa shape index (κ1) is 20.4. The Morgan fingerprint density at radius 3 is 2.58 bits per heavy atom. The molecule has 24 heavy (non-hydrogen) atoms. The van der Waals surface area contributed by atoms with E-state index in [-0.39, 0.29) is 29.8 Å². The summed E-state index contributed by atoms with van der Waals surface area (Å²) in [5.74, 6) is 1.37. The van der Waals surface area contributed by atoms with Gasteiger partial charge < -0.3 is 19.8 Å². The van der Waals surface area contributed by atoms with E-state index in [1.807, 2.05) is 12.1 Å². The lowest BCUT2D eigenvalue weighted by Gasteiger charge is -2.12. The van der Waals surface area contributed by atoms with Gasteiger partial charge in [-0.1, -0.05) is 12.1 Å². The SMILES string of the molecule is COCCNC(=NCc1ccc(F)cc1)NCCc1ccco1.I. The van der Waals surface area contributed by atoms with E-state index >= 15 is 0 Å². The van der Waals surface area contributed by atoms with Crippen LogP contribution in [0.1, 0.15) is 11.3 Å². The molecule has 0 spiro atoms. The molecule has 5 nitrogen and oxygen atoms in total. The molecule has 0 radical (unpaired) electrons. The lowest BCUT2D eigenvalue weighted by molar-refractivity contribution is 0.203. The fourth-order valence-corrected chi connectivity index (χ4v) is 1.96. The molecule has 0 saturated heterocycles. The highest BCUT2D eigenvalue weighted by molar-refractivity contribution is 14.0. The second kappa shape index (κ2) is 11.9. The van der Waals surface area contributed by atoms with Gasteiger partial charge in [0.2, 0.25) is 0 Å². The molecule has 1 heterocycles. The van der Waals surface area contributed by atoms with E-state index in [1.54, 1.807) is 25.5 Å². The van der Waals surface area contributed by atoms with Crippen molar-refractivity contribution in [1.82, 2.24) is 10.6 Å². The van der Waals surface area contributed by atoms with Crippen molar-refractivity contribution in [2.75, 3.05) is 26.8 Å². The highest BCUT2D eigenvalue weighted by Crippen LogP contribution is 2.04. The first-order chi connectivity index (χ1) is 11.3. The van der Waals surface area contributed by atoms with E-state index in [4.69, 9.17) is 9.15 Å². The Labute approximate surface area is 158 Å². The Morgan fingerprint density at radius 2 is 1.92 bits per heavy atom. The number of ether oxygens (including phenoxy) is 1. The molecule has 2 N–H and O–H groups in total. The van der Waals surface area contributed by atoms with Crippen LogP contribution in [0.4, 0.5) is 4.39 Å². The molecule has 0 atom stereocenters. The van der Waals surface area contributed by atoms with Crippen molar-refractivity contribution in [1.29, 1.82) is 0 Å². The standard InChI is InChI=1S/C17H22FN3O2.HI/c1-22-12-10-20-17(19-9-8-16-3-2-11-23-16)21-13-14-4-6-15(18)7-5-14;/h2-7,11H,8-10,12-13H2,1H3,(H2,19,20,21);1H. The third-order valence-corrected chi connectivity index (χ3v) is 3.18. The van der Waals surface area contributed by atoms with Crippen molar-refractivity contribution in [2.45, 2.75) is 13.0 Å². The van der Waals surface area contributed by atoms with Crippen molar-refractivity contribution >= 4 is 29.9 Å². The molecule has 0 saturated carbocycles. The number of rotatable bonds is 8. The van der Waals surface area contributed by atoms with Crippen LogP contribution in [0, 0.1) is 5.82 Å². The predicted molar refractivity (Wildman–Crippen MR) is 103 cm³/mol. The number of benzene rings is 1. The van der Waals surface area contributed by atoms with Gasteiger partial charge in [-0.3, -0.25) is 0 Å². The van der Waals surface area contributed by atoms with Crippen LogP contribution in [-0.4, -0.2) is 32.8 Å². The van der Waals surface area contributed by atoms with Gasteiger partial charge in [-0.2, -0.15) is 0 Å². The number of nitrogens with zero attached hydrogens (tertiary/aromatic N) is 1. The number of guanidine groups is 1. The number of methoxy groups -OCH3 is 1. The number of furan rings is 1. The van der Waals surface area contributed by atoms with Gasteiger partial charge in [-0.15, -0.1) is 24.0 Å². The van der Waals surface area contributed by atoms with Gasteiger partial charge in [0, 0.05) is 26.6 Å². The van der Waals surface area contributed by atoms with Crippen molar-refractivity contribution in [2.24, 2.45) is 4.99 Å². The summed E-state index contributed by atoms with van der Waals surface area (Å²) in [4.78, 5) is 4.50. The summed E-state index contributed by atoms with van der Waals surface area (Å²) in [5, 5.41) is 6.44. The predicted octanol–water partition coefficient (Wildman–Crippen LogP) is 2.96. The third kappa shape index (κ3) is 7.78. The molecule has 132 valence electrons. The average Bonchev–Trinajstić information content (AvgIpc) is 3.07. The maximum atomic E-state index is 12.9. The van der Waals surface area contributed by atoms with Crippen LogP contribution >= 0.6 is 24.0 Å². The Kier molecular flexibility index (Phi) is 10.1. The van der Waals surface area contributed by atoms with Gasteiger partial charge in [-0.05, 0) is 29.8 Å². The second-order valence-corrected chi connectivity index (χ2v) is 4.97. The highest BCUT2D eigenvalue weighted by Gasteiger charge is 2.01. The third-order valence-electron chi connectivity index (χ3n) is 3.18. The minimum Gasteiger partial charge on any atom is -0.469 e. The van der Waals surface area contributed by atoms with Gasteiger partial charge in [0.25, 0.3) is 0 Å². The number of hydrogen-bond donors (Lipinski definition) is 2. The number of hydrogen-bond acceptors (Lipinski definition) is 3. The monoisotopic (exact) mass is 447 g/mol. The first-order valence-electron chi connectivity index (χ1n) is 7.56. The largest absolute Gasteiger partial charge is 0.469 e. The van der Waals surface area contributed by atoms with E-state index in [2.05, 4.69) is 15.6 Å². The molecule has 0 fully saturated rings. The molecule has 0 bridgehead atoms. The molecule has 2 aromatic rings. The van der Waals surface area contributed by atoms with Crippen molar-refractivity contribution in [3.8, 4) is 0 Å². The summed E-state index contributed by atoms with van der Waals surface area (Å²) in [6, 6.07) is 10.1. The molecule has 2 rings (SSSR count). The molecule has 1 aromatic heterocycles. The van der Waals surface area contributed by atoms with Gasteiger partial charge in [-0.25, -0.2) is 9.38 Å². The fraction of sp³-hybridized carbons (Fsp3) is 0.353. The zero-order valence-electron chi connectivity index (χ0n) is 13.6. The molecule has 0 aliphatic carbocycles. The second-order valence-electron chi connectivity index (χ2n) is 4.97. The molecule has 0 unspecified atom stereocenters. The van der Waals surface area contributed by atoms with Gasteiger partial charge in [0.05, 0.1) is 19.4 Å². The smallest absolute Gasteiger partial charge is 0.191 e. The Morgan fingerprint density at radius 1 is 1.17 bits per heavy atom. The average molecular weight is 447 g/mol. The van der Waals surface area contributed by atoms with E-state index in [9.17, 15) is 4.39 Å². The zero-order valence-corrected chi connectivity index (χ0v) is 16.0. The summed E-state index contributed by atoms with van der Waals surface area (Å²) >= 11 is 0. The minimum absolute atomic E-state index is 0. The number of aliphatic imine (C=N–C) groups is 1. The van der Waals surface area contributed by atoms with Crippen LogP contribution in [0.2, 0.25) is 0 Å². The fourth-order valence-electron chi connectivity index (χ4n) is 1.96. The van der Waals surface area contributed by atoms with Crippen LogP contribution in [0.15, 0.2) is 52.1 Å². The van der Waals surface area contributed by atoms with E-state index in [1.165, 1.54) is 12.1 Å². The summed E-state index contributed by atoms with van der Waals surface area (Å²) in [7, 11) is 1.65. The molecule has 0 aliphatic rings. The van der Waals surface area contributed by atoms with E-state index in [0.29, 0.717) is 32.2 Å². The topological polar surface area (TPSA) is 58.8 Å². The van der Waals surface area contributed by atoms with Crippen molar-refractivity contribution in [3.05, 3.63) is 59.8 Å². The highest BCUT2D eigenvalue weighted by atomic mass is 127. The van der Waals surface area contributed by atoms with Crippen LogP contribution in [0.5, 0.6) is 0 Å². The first-order valence-corrected chi connectivity index (χ1v) is 7.56. The van der Waals surface area contributed by atoms with Crippen molar-refractivity contribution in [3.63, 3.8) is 0 Å². The van der Waals surface area contributed by atoms with Crippen LogP contribution in [-0.2, 0) is 17.7 Å². The van der Waals surface area contributed by atoms with Crippen LogP contribution < -0.4 is 10.6 Å². The Bertz CT molecular complexity index is 588. The molecule has 0 amide bonds. The summed E-state index contributed by atoms with van der Waals surface area (Å²) in [6.07, 6.45) is 2.43. The van der Waals surface area contributed by atoms with Gasteiger partial charge >= 0.3 is 0 Å². The zero-order chi connectivity index (χ0) is 16.3. The minimum atomic E-state index is -0.243. The number of halogens is 2. The Hall–Kier alpha value is -1.61. The molecular weight excluding hydrogens is 424 g/mol. The van der Waals surface area contributed by atoms with Crippen LogP contribution in [0.3, 0.4) is 0 Å². The quantitative estimate of drug-likeness (QED) is 0.283. The van der Waals surface area contributed by atoms with Gasteiger partial charge in [0.1, 0.15) is 11.6 Å². The van der Waals surface area contributed by atoms with Gasteiger partial charge in [0.15, 0.2) is 5.96 Å². The summed E-state index contributed by atoms with van der Waals surface area (Å²) < 4.78 is 23.2. The van der Waals surface area contributed by atoms with Crippen LogP contribution in [0.25, 0.3) is 0 Å². The van der Waals surface area contributed by atoms with Crippen molar-refractivity contribution < 1.29 is 13.5 Å². The Balaban J connectivity index is 0.00000288. The van der Waals surface area contributed by atoms with E-state index < -0.39 is 0 Å². The maximum absolute atomic E-state index is 12.9. The lowest BCUT2D eigenvalue weighted by atomic mass is 10.2. The van der Waals surface area contributed by atoms with E-state index in [0.717, 1.165) is 17.7 Å².